The number of aromatic nitrogens is 3. The second-order valence-corrected chi connectivity index (χ2v) is 7.42. The summed E-state index contributed by atoms with van der Waals surface area (Å²) in [6.07, 6.45) is 4.08. The summed E-state index contributed by atoms with van der Waals surface area (Å²) in [7, 11) is 3.46. The van der Waals surface area contributed by atoms with E-state index in [-0.39, 0.29) is 30.0 Å². The molecule has 0 spiro atoms. The largest absolute Gasteiger partial charge is 0.497 e. The molecule has 172 valence electrons. The van der Waals surface area contributed by atoms with E-state index in [4.69, 9.17) is 9.15 Å². The van der Waals surface area contributed by atoms with Gasteiger partial charge in [0.1, 0.15) is 11.6 Å². The molecule has 2 aromatic heterocycles. The molecule has 1 aromatic carbocycles. The first-order chi connectivity index (χ1) is 15.3. The average molecular weight is 551 g/mol. The van der Waals surface area contributed by atoms with E-state index in [0.717, 1.165) is 25.4 Å². The fraction of sp³-hybridized carbons (Fsp3) is 0.409. The normalized spacial score (nSPS) is 15.2. The minimum Gasteiger partial charge on any atom is -0.497 e. The number of nitrogens with one attached hydrogen (secondary N) is 3. The fourth-order valence-electron chi connectivity index (χ4n) is 3.81. The zero-order chi connectivity index (χ0) is 21.5. The van der Waals surface area contributed by atoms with E-state index in [1.165, 1.54) is 18.4 Å². The molecule has 0 radical (unpaired) electrons. The Kier molecular flexibility index (Phi) is 8.91. The number of nitrogens with zero attached hydrogens (tertiary/aromatic N) is 4. The van der Waals surface area contributed by atoms with Gasteiger partial charge in [0.05, 0.1) is 26.0 Å². The van der Waals surface area contributed by atoms with E-state index in [2.05, 4.69) is 47.8 Å². The lowest BCUT2D eigenvalue weighted by Crippen LogP contribution is -2.42. The van der Waals surface area contributed by atoms with E-state index >= 15 is 0 Å². The molecule has 1 atom stereocenters. The van der Waals surface area contributed by atoms with Gasteiger partial charge in [-0.2, -0.15) is 0 Å². The van der Waals surface area contributed by atoms with Gasteiger partial charge in [-0.05, 0) is 55.8 Å². The lowest BCUT2D eigenvalue weighted by molar-refractivity contribution is 0.245. The van der Waals surface area contributed by atoms with Crippen LogP contribution in [-0.2, 0) is 6.54 Å². The summed E-state index contributed by atoms with van der Waals surface area (Å²) in [5.41, 5.74) is 1.27. The zero-order valence-electron chi connectivity index (χ0n) is 18.4. The number of ether oxygens (including phenoxy) is 1. The van der Waals surface area contributed by atoms with Gasteiger partial charge in [-0.1, -0.05) is 12.1 Å². The Morgan fingerprint density at radius 2 is 2.00 bits per heavy atom. The Bertz CT molecular complexity index is 967. The van der Waals surface area contributed by atoms with E-state index in [9.17, 15) is 0 Å². The Hall–Kier alpha value is -2.60. The lowest BCUT2D eigenvalue weighted by atomic mass is 10.1. The van der Waals surface area contributed by atoms with Gasteiger partial charge >= 0.3 is 0 Å². The van der Waals surface area contributed by atoms with Crippen LogP contribution in [0.3, 0.4) is 0 Å². The van der Waals surface area contributed by atoms with Crippen LogP contribution in [0.4, 0.5) is 0 Å². The van der Waals surface area contributed by atoms with E-state index in [1.54, 1.807) is 20.4 Å². The molecule has 0 amide bonds. The third-order valence-corrected chi connectivity index (χ3v) is 5.47. The maximum Gasteiger partial charge on any atom is 0.216 e. The number of furan rings is 1. The van der Waals surface area contributed by atoms with Gasteiger partial charge in [0.15, 0.2) is 11.7 Å². The molecular formula is C22H30IN7O2. The van der Waals surface area contributed by atoms with E-state index in [0.29, 0.717) is 29.9 Å². The fourth-order valence-corrected chi connectivity index (χ4v) is 3.81. The Morgan fingerprint density at radius 3 is 2.66 bits per heavy atom. The number of halogens is 1. The highest BCUT2D eigenvalue weighted by atomic mass is 127. The first-order valence-corrected chi connectivity index (χ1v) is 10.5. The van der Waals surface area contributed by atoms with Crippen LogP contribution < -0.4 is 15.4 Å². The predicted octanol–water partition coefficient (Wildman–Crippen LogP) is 3.19. The van der Waals surface area contributed by atoms with Gasteiger partial charge in [-0.25, -0.2) is 4.98 Å². The van der Waals surface area contributed by atoms with Crippen LogP contribution >= 0.6 is 24.0 Å². The second-order valence-electron chi connectivity index (χ2n) is 7.42. The molecule has 0 saturated carbocycles. The van der Waals surface area contributed by atoms with Gasteiger partial charge < -0.3 is 19.8 Å². The van der Waals surface area contributed by atoms with Crippen molar-refractivity contribution < 1.29 is 9.15 Å². The highest BCUT2D eigenvalue weighted by Gasteiger charge is 2.23. The molecule has 10 heteroatoms. The third kappa shape index (κ3) is 6.00. The minimum absolute atomic E-state index is 0. The second kappa shape index (κ2) is 11.9. The molecule has 3 heterocycles. The van der Waals surface area contributed by atoms with Crippen molar-refractivity contribution in [2.24, 2.45) is 4.99 Å². The Balaban J connectivity index is 0.00000289. The minimum atomic E-state index is 0. The summed E-state index contributed by atoms with van der Waals surface area (Å²) in [6.45, 7) is 3.44. The number of benzene rings is 1. The van der Waals surface area contributed by atoms with Crippen molar-refractivity contribution in [3.05, 3.63) is 54.0 Å². The van der Waals surface area contributed by atoms with E-state index in [1.807, 2.05) is 24.3 Å². The van der Waals surface area contributed by atoms with Crippen molar-refractivity contribution in [3.63, 3.8) is 0 Å². The molecule has 0 bridgehead atoms. The van der Waals surface area contributed by atoms with Crippen LogP contribution in [0.25, 0.3) is 11.6 Å². The third-order valence-electron chi connectivity index (χ3n) is 5.47. The molecular weight excluding hydrogens is 521 g/mol. The SMILES string of the molecule is CN=C(NCc1nc(-c2ccco2)n[nH]1)NCC(c1ccc(OC)cc1)N1CCCC1.I. The quantitative estimate of drug-likeness (QED) is 0.225. The molecule has 1 aliphatic heterocycles. The summed E-state index contributed by atoms with van der Waals surface area (Å²) in [5.74, 6) is 3.47. The topological polar surface area (TPSA) is 104 Å². The number of likely N-dealkylation sites (tertiary alicyclic amines) is 1. The van der Waals surface area contributed by atoms with Crippen molar-refractivity contribution in [1.82, 2.24) is 30.7 Å². The molecule has 1 aliphatic rings. The molecule has 1 unspecified atom stereocenters. The smallest absolute Gasteiger partial charge is 0.216 e. The molecule has 3 aromatic rings. The molecule has 4 rings (SSSR count). The van der Waals surface area contributed by atoms with Crippen LogP contribution in [-0.4, -0.2) is 59.8 Å². The van der Waals surface area contributed by atoms with Crippen LogP contribution in [0.2, 0.25) is 0 Å². The van der Waals surface area contributed by atoms with E-state index < -0.39 is 0 Å². The van der Waals surface area contributed by atoms with Crippen LogP contribution in [0.1, 0.15) is 30.3 Å². The molecule has 32 heavy (non-hydrogen) atoms. The summed E-state index contributed by atoms with van der Waals surface area (Å²) in [4.78, 5) is 11.3. The number of rotatable bonds is 8. The van der Waals surface area contributed by atoms with Crippen molar-refractivity contribution >= 4 is 29.9 Å². The predicted molar refractivity (Wildman–Crippen MR) is 134 cm³/mol. The first kappa shape index (κ1) is 24.1. The average Bonchev–Trinajstić information content (AvgIpc) is 3.58. The number of aliphatic imine (C=N–C) groups is 1. The van der Waals surface area contributed by atoms with Crippen LogP contribution in [0.15, 0.2) is 52.1 Å². The van der Waals surface area contributed by atoms with Gasteiger partial charge in [0.25, 0.3) is 0 Å². The Labute approximate surface area is 205 Å². The van der Waals surface area contributed by atoms with Crippen molar-refractivity contribution in [2.45, 2.75) is 25.4 Å². The summed E-state index contributed by atoms with van der Waals surface area (Å²) >= 11 is 0. The number of hydrogen-bond donors (Lipinski definition) is 3. The van der Waals surface area contributed by atoms with Crippen LogP contribution in [0, 0.1) is 0 Å². The van der Waals surface area contributed by atoms with Crippen LogP contribution in [0.5, 0.6) is 5.75 Å². The number of guanidine groups is 1. The first-order valence-electron chi connectivity index (χ1n) is 10.5. The molecule has 1 fully saturated rings. The number of H-pyrrole nitrogens is 1. The Morgan fingerprint density at radius 1 is 1.22 bits per heavy atom. The monoisotopic (exact) mass is 551 g/mol. The number of hydrogen-bond acceptors (Lipinski definition) is 6. The molecule has 3 N–H and O–H groups in total. The highest BCUT2D eigenvalue weighted by Crippen LogP contribution is 2.26. The lowest BCUT2D eigenvalue weighted by Gasteiger charge is -2.29. The molecule has 0 aliphatic carbocycles. The summed E-state index contributed by atoms with van der Waals surface area (Å²) < 4.78 is 10.6. The van der Waals surface area contributed by atoms with Gasteiger partial charge in [0.2, 0.25) is 5.82 Å². The van der Waals surface area contributed by atoms with Crippen molar-refractivity contribution in [1.29, 1.82) is 0 Å². The summed E-state index contributed by atoms with van der Waals surface area (Å²) in [5, 5.41) is 13.9. The zero-order valence-corrected chi connectivity index (χ0v) is 20.7. The molecule has 1 saturated heterocycles. The number of methoxy groups -OCH3 is 1. The van der Waals surface area contributed by atoms with Gasteiger partial charge in [0, 0.05) is 13.6 Å². The standard InChI is InChI=1S/C22H29N7O2.HI/c1-23-22(25-15-20-26-21(28-27-20)19-6-5-13-31-19)24-14-18(29-11-3-4-12-29)16-7-9-17(30-2)10-8-16;/h5-10,13,18H,3-4,11-12,14-15H2,1-2H3,(H2,23,24,25)(H,26,27,28);1H. The van der Waals surface area contributed by atoms with Gasteiger partial charge in [-0.3, -0.25) is 15.0 Å². The van der Waals surface area contributed by atoms with Gasteiger partial charge in [-0.15, -0.1) is 29.1 Å². The van der Waals surface area contributed by atoms with Crippen molar-refractivity contribution in [3.8, 4) is 17.3 Å². The maximum atomic E-state index is 5.34. The maximum absolute atomic E-state index is 5.34. The summed E-state index contributed by atoms with van der Waals surface area (Å²) in [6, 6.07) is 12.2. The number of aromatic amines is 1. The highest BCUT2D eigenvalue weighted by molar-refractivity contribution is 14.0. The van der Waals surface area contributed by atoms with Crippen molar-refractivity contribution in [2.75, 3.05) is 33.8 Å². The molecule has 9 nitrogen and oxygen atoms in total.